The second-order valence-electron chi connectivity index (χ2n) is 13.6. The minimum Gasteiger partial charge on any atom is -0.478 e. The second-order valence-corrected chi connectivity index (χ2v) is 16.2. The molecule has 12 nitrogen and oxygen atoms in total. The molecule has 4 fully saturated rings. The van der Waals surface area contributed by atoms with Gasteiger partial charge < -0.3 is 31.6 Å². The Bertz CT molecular complexity index is 1380. The molecule has 6 N–H and O–H groups in total. The van der Waals surface area contributed by atoms with Gasteiger partial charge in [-0.3, -0.25) is 14.4 Å². The van der Waals surface area contributed by atoms with Gasteiger partial charge in [-0.2, -0.15) is 0 Å². The molecule has 248 valence electrons. The lowest BCUT2D eigenvalue weighted by atomic mass is 9.56. The Labute approximate surface area is 264 Å². The topological polar surface area (TPSA) is 202 Å². The molecule has 0 aromatic heterocycles. The fourth-order valence-electron chi connectivity index (χ4n) is 7.85. The van der Waals surface area contributed by atoms with E-state index >= 15 is 8.42 Å². The zero-order chi connectivity index (χ0) is 33.2. The number of unbranched alkanes of at least 4 members (excludes halogenated alkanes) is 1. The molecule has 0 aliphatic heterocycles. The molecule has 0 heterocycles. The van der Waals surface area contributed by atoms with Crippen LogP contribution in [0.2, 0.25) is 0 Å². The van der Waals surface area contributed by atoms with Gasteiger partial charge in [0.15, 0.2) is 9.84 Å². The van der Waals surface area contributed by atoms with Gasteiger partial charge in [0.05, 0.1) is 16.4 Å². The van der Waals surface area contributed by atoms with Crippen molar-refractivity contribution >= 4 is 39.8 Å². The molecule has 1 aromatic carbocycles. The summed E-state index contributed by atoms with van der Waals surface area (Å²) in [4.78, 5) is 61.7. The van der Waals surface area contributed by atoms with Gasteiger partial charge in [-0.15, -0.1) is 0 Å². The number of nitrogens with one attached hydrogen (secondary N) is 3. The summed E-state index contributed by atoms with van der Waals surface area (Å²) >= 11 is 0. The normalized spacial score (nSPS) is 26.4. The summed E-state index contributed by atoms with van der Waals surface area (Å²) in [5, 5.41) is 17.1. The zero-order valence-corrected chi connectivity index (χ0v) is 27.0. The third kappa shape index (κ3) is 6.79. The Morgan fingerprint density at radius 2 is 1.49 bits per heavy atom. The largest absolute Gasteiger partial charge is 0.478 e. The van der Waals surface area contributed by atoms with E-state index in [4.69, 9.17) is 5.73 Å². The van der Waals surface area contributed by atoms with Crippen LogP contribution >= 0.6 is 0 Å². The van der Waals surface area contributed by atoms with Gasteiger partial charge in [0, 0.05) is 5.56 Å². The summed E-state index contributed by atoms with van der Waals surface area (Å²) in [5.74, 6) is -3.31. The van der Waals surface area contributed by atoms with E-state index in [-0.39, 0.29) is 54.2 Å². The van der Waals surface area contributed by atoms with E-state index < -0.39 is 55.2 Å². The highest BCUT2D eigenvalue weighted by Crippen LogP contribution is 2.60. The predicted molar refractivity (Wildman–Crippen MR) is 167 cm³/mol. The molecule has 3 atom stereocenters. The standard InChI is InChI=1S/C32H46N4O8S/c1-19(2)26(18-37)35-27(38)20(3)34-30(42)32(10-4-5-11-33,36-28(39)24-6-8-25(9-7-24)29(40)41)45(43,44)31-15-21-12-22(16-31)14-23(13-21)17-31/h6-9,18-23,26H,4-5,10-17,33H2,1-3H3,(H,34,42)(H,35,38)(H,36,39)(H,40,41)/t20-,21?,22?,23?,26+,31?,32+/m0/s1. The van der Waals surface area contributed by atoms with Crippen molar-refractivity contribution < 1.29 is 37.5 Å². The number of rotatable bonds is 15. The Morgan fingerprint density at radius 1 is 0.956 bits per heavy atom. The minimum atomic E-state index is -4.47. The molecule has 1 aromatic rings. The first-order chi connectivity index (χ1) is 21.2. The number of carbonyl (C=O) groups is 5. The number of hydrogen-bond acceptors (Lipinski definition) is 8. The number of benzene rings is 1. The maximum Gasteiger partial charge on any atom is 0.335 e. The third-order valence-corrected chi connectivity index (χ3v) is 13.0. The number of nitrogens with two attached hydrogens (primary N) is 1. The number of sulfone groups is 1. The van der Waals surface area contributed by atoms with Gasteiger partial charge in [0.2, 0.25) is 10.8 Å². The van der Waals surface area contributed by atoms with Crippen LogP contribution in [0.25, 0.3) is 0 Å². The zero-order valence-electron chi connectivity index (χ0n) is 26.2. The number of hydrogen-bond donors (Lipinski definition) is 5. The van der Waals surface area contributed by atoms with Crippen LogP contribution in [0.4, 0.5) is 0 Å². The number of aromatic carboxylic acids is 1. The van der Waals surface area contributed by atoms with Crippen molar-refractivity contribution in [2.24, 2.45) is 29.4 Å². The first-order valence-corrected chi connectivity index (χ1v) is 17.3. The molecule has 13 heteroatoms. The number of amides is 3. The second kappa shape index (κ2) is 13.6. The average molecular weight is 647 g/mol. The van der Waals surface area contributed by atoms with Gasteiger partial charge in [0.1, 0.15) is 12.3 Å². The van der Waals surface area contributed by atoms with Crippen molar-refractivity contribution in [2.75, 3.05) is 6.54 Å². The van der Waals surface area contributed by atoms with Crippen molar-refractivity contribution in [1.82, 2.24) is 16.0 Å². The Morgan fingerprint density at radius 3 is 1.96 bits per heavy atom. The average Bonchev–Trinajstić information content (AvgIpc) is 2.98. The van der Waals surface area contributed by atoms with Gasteiger partial charge in [-0.05, 0) is 119 Å². The van der Waals surface area contributed by atoms with Crippen LogP contribution in [0, 0.1) is 23.7 Å². The summed E-state index contributed by atoms with van der Waals surface area (Å²) in [6, 6.07) is 2.94. The van der Waals surface area contributed by atoms with E-state index in [1.54, 1.807) is 13.8 Å². The Kier molecular flexibility index (Phi) is 10.4. The third-order valence-electron chi connectivity index (χ3n) is 9.98. The molecule has 4 aliphatic carbocycles. The van der Waals surface area contributed by atoms with Crippen LogP contribution in [0.5, 0.6) is 0 Å². The summed E-state index contributed by atoms with van der Waals surface area (Å²) in [6.45, 7) is 5.13. The summed E-state index contributed by atoms with van der Waals surface area (Å²) in [6.07, 6.45) is 5.00. The lowest BCUT2D eigenvalue weighted by Crippen LogP contribution is -2.71. The highest BCUT2D eigenvalue weighted by atomic mass is 32.2. The molecule has 4 saturated carbocycles. The quantitative estimate of drug-likeness (QED) is 0.140. The van der Waals surface area contributed by atoms with Crippen LogP contribution in [-0.2, 0) is 24.2 Å². The van der Waals surface area contributed by atoms with E-state index in [9.17, 15) is 29.1 Å². The van der Waals surface area contributed by atoms with Crippen molar-refractivity contribution in [3.05, 3.63) is 35.4 Å². The van der Waals surface area contributed by atoms with Gasteiger partial charge >= 0.3 is 5.97 Å². The van der Waals surface area contributed by atoms with E-state index in [0.29, 0.717) is 32.0 Å². The molecule has 0 saturated heterocycles. The number of carboxylic acids is 1. The molecule has 45 heavy (non-hydrogen) atoms. The molecular weight excluding hydrogens is 600 g/mol. The number of carboxylic acid groups (broad SMARTS) is 1. The maximum atomic E-state index is 15.2. The Hall–Kier alpha value is -3.32. The fourth-order valence-corrected chi connectivity index (χ4v) is 10.9. The molecule has 3 amide bonds. The molecule has 4 bridgehead atoms. The van der Waals surface area contributed by atoms with Gasteiger partial charge in [-0.25, -0.2) is 13.2 Å². The number of carbonyl (C=O) groups excluding carboxylic acids is 4. The smallest absolute Gasteiger partial charge is 0.335 e. The van der Waals surface area contributed by atoms with Crippen molar-refractivity contribution in [3.63, 3.8) is 0 Å². The van der Waals surface area contributed by atoms with Crippen LogP contribution < -0.4 is 21.7 Å². The van der Waals surface area contributed by atoms with E-state index in [1.165, 1.54) is 31.2 Å². The maximum absolute atomic E-state index is 15.2. The summed E-state index contributed by atoms with van der Waals surface area (Å²) < 4.78 is 29.2. The van der Waals surface area contributed by atoms with Crippen LogP contribution in [0.15, 0.2) is 24.3 Å². The SMILES string of the molecule is CC(C)[C@@H](C=O)NC(=O)[C@H](C)NC(=O)[C@](CCCCN)(NC(=O)c1ccc(C(=O)O)cc1)S(=O)(=O)C12CC3CC(CC(C3)C1)C2. The molecule has 0 radical (unpaired) electrons. The lowest BCUT2D eigenvalue weighted by molar-refractivity contribution is -0.131. The monoisotopic (exact) mass is 646 g/mol. The molecular formula is C32H46N4O8S. The van der Waals surface area contributed by atoms with Crippen LogP contribution in [-0.4, -0.2) is 71.7 Å². The van der Waals surface area contributed by atoms with Crippen molar-refractivity contribution in [1.29, 1.82) is 0 Å². The lowest BCUT2D eigenvalue weighted by Gasteiger charge is -2.57. The van der Waals surface area contributed by atoms with Crippen molar-refractivity contribution in [3.8, 4) is 0 Å². The molecule has 0 spiro atoms. The molecule has 0 unspecified atom stereocenters. The molecule has 4 aliphatic rings. The van der Waals surface area contributed by atoms with E-state index in [0.717, 1.165) is 19.3 Å². The fraction of sp³-hybridized carbons (Fsp3) is 0.656. The minimum absolute atomic E-state index is 0.0201. The number of aldehydes is 1. The highest BCUT2D eigenvalue weighted by molar-refractivity contribution is 7.95. The van der Waals surface area contributed by atoms with Gasteiger partial charge in [-0.1, -0.05) is 13.8 Å². The Balaban J connectivity index is 1.77. The van der Waals surface area contributed by atoms with E-state index in [1.807, 2.05) is 0 Å². The summed E-state index contributed by atoms with van der Waals surface area (Å²) in [7, 11) is -4.47. The first kappa shape index (κ1) is 34.6. The van der Waals surface area contributed by atoms with Crippen LogP contribution in [0.3, 0.4) is 0 Å². The van der Waals surface area contributed by atoms with Gasteiger partial charge in [0.25, 0.3) is 11.8 Å². The van der Waals surface area contributed by atoms with E-state index in [2.05, 4.69) is 16.0 Å². The van der Waals surface area contributed by atoms with Crippen molar-refractivity contribution in [2.45, 2.75) is 100 Å². The predicted octanol–water partition coefficient (Wildman–Crippen LogP) is 2.17. The summed E-state index contributed by atoms with van der Waals surface area (Å²) in [5.41, 5.74) is 5.68. The highest BCUT2D eigenvalue weighted by Gasteiger charge is 2.66. The first-order valence-electron chi connectivity index (χ1n) is 15.9. The molecule has 5 rings (SSSR count). The van der Waals surface area contributed by atoms with Crippen LogP contribution in [0.1, 0.15) is 99.3 Å².